The maximum Gasteiger partial charge on any atom is 0.219 e. The SMILES string of the molecule is Fc1cnc(-c2nc(-c3ccon3)n(Cc3ccccc3F)n2)nc1. The molecule has 0 aliphatic heterocycles. The van der Waals surface area contributed by atoms with Crippen LogP contribution in [0.5, 0.6) is 0 Å². The van der Waals surface area contributed by atoms with E-state index in [9.17, 15) is 8.78 Å². The van der Waals surface area contributed by atoms with Crippen molar-refractivity contribution in [3.05, 3.63) is 66.2 Å². The summed E-state index contributed by atoms with van der Waals surface area (Å²) >= 11 is 0. The van der Waals surface area contributed by atoms with Crippen LogP contribution in [0.2, 0.25) is 0 Å². The maximum atomic E-state index is 14.0. The van der Waals surface area contributed by atoms with Gasteiger partial charge in [-0.3, -0.25) is 0 Å². The molecule has 9 heteroatoms. The fourth-order valence-corrected chi connectivity index (χ4v) is 2.28. The molecule has 1 aromatic carbocycles. The predicted molar refractivity (Wildman–Crippen MR) is 82.0 cm³/mol. The van der Waals surface area contributed by atoms with Crippen molar-refractivity contribution in [3.63, 3.8) is 0 Å². The Morgan fingerprint density at radius 2 is 1.80 bits per heavy atom. The van der Waals surface area contributed by atoms with Crippen LogP contribution < -0.4 is 0 Å². The van der Waals surface area contributed by atoms with Crippen molar-refractivity contribution in [2.75, 3.05) is 0 Å². The third-order valence-electron chi connectivity index (χ3n) is 3.44. The highest BCUT2D eigenvalue weighted by atomic mass is 19.1. The first kappa shape index (κ1) is 15.1. The number of hydrogen-bond donors (Lipinski definition) is 0. The Hall–Kier alpha value is -3.49. The number of nitrogens with zero attached hydrogens (tertiary/aromatic N) is 6. The molecule has 4 rings (SSSR count). The number of aromatic nitrogens is 6. The Morgan fingerprint density at radius 1 is 1.00 bits per heavy atom. The molecule has 3 heterocycles. The lowest BCUT2D eigenvalue weighted by Gasteiger charge is -2.05. The lowest BCUT2D eigenvalue weighted by atomic mass is 10.2. The van der Waals surface area contributed by atoms with E-state index in [1.165, 1.54) is 17.0 Å². The van der Waals surface area contributed by atoms with Gasteiger partial charge in [-0.1, -0.05) is 23.4 Å². The van der Waals surface area contributed by atoms with E-state index >= 15 is 0 Å². The molecule has 3 aromatic heterocycles. The lowest BCUT2D eigenvalue weighted by Crippen LogP contribution is -2.06. The van der Waals surface area contributed by atoms with Crippen molar-refractivity contribution in [1.29, 1.82) is 0 Å². The highest BCUT2D eigenvalue weighted by Gasteiger charge is 2.18. The van der Waals surface area contributed by atoms with E-state index in [4.69, 9.17) is 4.52 Å². The molecule has 0 atom stereocenters. The molecule has 0 unspecified atom stereocenters. The molecule has 0 aliphatic rings. The van der Waals surface area contributed by atoms with Crippen LogP contribution in [0.25, 0.3) is 23.2 Å². The van der Waals surface area contributed by atoms with Crippen molar-refractivity contribution in [2.24, 2.45) is 0 Å². The van der Waals surface area contributed by atoms with Gasteiger partial charge in [-0.25, -0.2) is 28.4 Å². The summed E-state index contributed by atoms with van der Waals surface area (Å²) in [7, 11) is 0. The first-order valence-corrected chi connectivity index (χ1v) is 7.27. The summed E-state index contributed by atoms with van der Waals surface area (Å²) in [6.07, 6.45) is 3.44. The minimum absolute atomic E-state index is 0.128. The van der Waals surface area contributed by atoms with E-state index in [0.29, 0.717) is 17.1 Å². The van der Waals surface area contributed by atoms with Gasteiger partial charge >= 0.3 is 0 Å². The second-order valence-electron chi connectivity index (χ2n) is 5.12. The molecule has 0 spiro atoms. The summed E-state index contributed by atoms with van der Waals surface area (Å²) in [5, 5.41) is 8.15. The predicted octanol–water partition coefficient (Wildman–Crippen LogP) is 2.72. The zero-order valence-electron chi connectivity index (χ0n) is 12.7. The average molecular weight is 340 g/mol. The van der Waals surface area contributed by atoms with Crippen LogP contribution in [-0.2, 0) is 6.54 Å². The highest BCUT2D eigenvalue weighted by Crippen LogP contribution is 2.21. The third kappa shape index (κ3) is 2.99. The van der Waals surface area contributed by atoms with E-state index in [1.807, 2.05) is 0 Å². The largest absolute Gasteiger partial charge is 0.364 e. The Balaban J connectivity index is 1.79. The summed E-state index contributed by atoms with van der Waals surface area (Å²) in [5.74, 6) is -0.234. The number of benzene rings is 1. The van der Waals surface area contributed by atoms with E-state index < -0.39 is 5.82 Å². The van der Waals surface area contributed by atoms with Crippen molar-refractivity contribution in [1.82, 2.24) is 29.9 Å². The van der Waals surface area contributed by atoms with Crippen LogP contribution >= 0.6 is 0 Å². The standard InChI is InChI=1S/C16H10F2N6O/c17-11-7-19-14(20-8-11)15-21-16(13-5-6-25-23-13)24(22-15)9-10-3-1-2-4-12(10)18/h1-8H,9H2. The van der Waals surface area contributed by atoms with Crippen LogP contribution in [0.1, 0.15) is 5.56 Å². The number of hydrogen-bond acceptors (Lipinski definition) is 6. The van der Waals surface area contributed by atoms with Gasteiger partial charge in [0.05, 0.1) is 18.9 Å². The zero-order valence-corrected chi connectivity index (χ0v) is 12.7. The molecule has 0 saturated carbocycles. The van der Waals surface area contributed by atoms with Gasteiger partial charge in [-0.15, -0.1) is 5.10 Å². The van der Waals surface area contributed by atoms with Gasteiger partial charge in [0.25, 0.3) is 0 Å². The van der Waals surface area contributed by atoms with Crippen molar-refractivity contribution < 1.29 is 13.3 Å². The molecular formula is C16H10F2N6O. The quantitative estimate of drug-likeness (QED) is 0.568. The Bertz CT molecular complexity index is 998. The normalized spacial score (nSPS) is 11.0. The van der Waals surface area contributed by atoms with Gasteiger partial charge in [-0.2, -0.15) is 0 Å². The second-order valence-corrected chi connectivity index (χ2v) is 5.12. The van der Waals surface area contributed by atoms with E-state index in [2.05, 4.69) is 25.2 Å². The first-order valence-electron chi connectivity index (χ1n) is 7.27. The highest BCUT2D eigenvalue weighted by molar-refractivity contribution is 5.53. The third-order valence-corrected chi connectivity index (χ3v) is 3.44. The van der Waals surface area contributed by atoms with Gasteiger partial charge in [0, 0.05) is 11.6 Å². The number of halogens is 2. The summed E-state index contributed by atoms with van der Waals surface area (Å²) in [6.45, 7) is 0.128. The van der Waals surface area contributed by atoms with Crippen LogP contribution in [0.4, 0.5) is 8.78 Å². The van der Waals surface area contributed by atoms with Gasteiger partial charge in [0.15, 0.2) is 23.2 Å². The van der Waals surface area contributed by atoms with Crippen molar-refractivity contribution in [3.8, 4) is 23.2 Å². The molecule has 0 bridgehead atoms. The van der Waals surface area contributed by atoms with Gasteiger partial charge in [0.2, 0.25) is 5.82 Å². The van der Waals surface area contributed by atoms with E-state index in [1.54, 1.807) is 24.3 Å². The van der Waals surface area contributed by atoms with Crippen LogP contribution in [0.15, 0.2) is 53.5 Å². The molecule has 0 amide bonds. The fraction of sp³-hybridized carbons (Fsp3) is 0.0625. The molecule has 4 aromatic rings. The maximum absolute atomic E-state index is 14.0. The molecule has 0 N–H and O–H groups in total. The van der Waals surface area contributed by atoms with Gasteiger partial charge in [0.1, 0.15) is 12.1 Å². The van der Waals surface area contributed by atoms with Crippen LogP contribution in [-0.4, -0.2) is 29.9 Å². The molecular weight excluding hydrogens is 330 g/mol. The topological polar surface area (TPSA) is 82.5 Å². The summed E-state index contributed by atoms with van der Waals surface area (Å²) in [6, 6.07) is 7.96. The molecule has 124 valence electrons. The summed E-state index contributed by atoms with van der Waals surface area (Å²) < 4.78 is 33.3. The lowest BCUT2D eigenvalue weighted by molar-refractivity contribution is 0.421. The monoisotopic (exact) mass is 340 g/mol. The van der Waals surface area contributed by atoms with Crippen LogP contribution in [0, 0.1) is 11.6 Å². The van der Waals surface area contributed by atoms with E-state index in [-0.39, 0.29) is 24.0 Å². The smallest absolute Gasteiger partial charge is 0.219 e. The molecule has 0 fully saturated rings. The van der Waals surface area contributed by atoms with Gasteiger partial charge < -0.3 is 4.52 Å². The minimum Gasteiger partial charge on any atom is -0.364 e. The zero-order chi connectivity index (χ0) is 17.2. The Labute approximate surface area is 140 Å². The molecule has 0 radical (unpaired) electrons. The fourth-order valence-electron chi connectivity index (χ4n) is 2.28. The Kier molecular flexibility index (Phi) is 3.73. The summed E-state index contributed by atoms with van der Waals surface area (Å²) in [5.41, 5.74) is 0.862. The van der Waals surface area contributed by atoms with Crippen molar-refractivity contribution >= 4 is 0 Å². The molecule has 7 nitrogen and oxygen atoms in total. The molecule has 0 saturated heterocycles. The van der Waals surface area contributed by atoms with Crippen LogP contribution in [0.3, 0.4) is 0 Å². The number of rotatable bonds is 4. The minimum atomic E-state index is -0.564. The molecule has 0 aliphatic carbocycles. The molecule has 25 heavy (non-hydrogen) atoms. The van der Waals surface area contributed by atoms with E-state index in [0.717, 1.165) is 12.4 Å². The van der Waals surface area contributed by atoms with Gasteiger partial charge in [-0.05, 0) is 6.07 Å². The Morgan fingerprint density at radius 3 is 2.52 bits per heavy atom. The summed E-state index contributed by atoms with van der Waals surface area (Å²) in [4.78, 5) is 12.1. The second kappa shape index (κ2) is 6.19. The average Bonchev–Trinajstić information content (AvgIpc) is 3.27. The van der Waals surface area contributed by atoms with Crippen molar-refractivity contribution in [2.45, 2.75) is 6.54 Å². The first-order chi connectivity index (χ1) is 12.2.